The second-order valence-corrected chi connectivity index (χ2v) is 10.9. The number of aliphatic hydroxyl groups excluding tert-OH is 1. The molecule has 0 aliphatic heterocycles. The van der Waals surface area contributed by atoms with Gasteiger partial charge in [-0.15, -0.1) is 5.10 Å². The van der Waals surface area contributed by atoms with E-state index in [4.69, 9.17) is 20.0 Å². The van der Waals surface area contributed by atoms with Crippen molar-refractivity contribution in [3.63, 3.8) is 0 Å². The number of nitrogens with zero attached hydrogens (tertiary/aromatic N) is 6. The second kappa shape index (κ2) is 14.4. The van der Waals surface area contributed by atoms with E-state index < -0.39 is 5.60 Å². The zero-order chi connectivity index (χ0) is 30.0. The van der Waals surface area contributed by atoms with Crippen LogP contribution in [0.1, 0.15) is 70.9 Å². The molecule has 42 heavy (non-hydrogen) atoms. The Hall–Kier alpha value is -4.50. The molecule has 0 unspecified atom stereocenters. The molecule has 3 aromatic rings. The Kier molecular flexibility index (Phi) is 10.4. The van der Waals surface area contributed by atoms with Gasteiger partial charge in [-0.2, -0.15) is 5.26 Å². The summed E-state index contributed by atoms with van der Waals surface area (Å²) in [6.45, 7) is 6.20. The molecule has 2 aromatic heterocycles. The molecule has 1 fully saturated rings. The van der Waals surface area contributed by atoms with Gasteiger partial charge in [0.2, 0.25) is 5.95 Å². The molecule has 222 valence electrons. The Morgan fingerprint density at radius 1 is 1.24 bits per heavy atom. The summed E-state index contributed by atoms with van der Waals surface area (Å²) in [6, 6.07) is 7.84. The van der Waals surface area contributed by atoms with Gasteiger partial charge in [-0.1, -0.05) is 25.3 Å². The maximum absolute atomic E-state index is 9.57. The fourth-order valence-corrected chi connectivity index (χ4v) is 4.77. The van der Waals surface area contributed by atoms with Gasteiger partial charge < -0.3 is 25.2 Å². The van der Waals surface area contributed by atoms with Crippen LogP contribution in [0.5, 0.6) is 11.6 Å². The van der Waals surface area contributed by atoms with Crippen molar-refractivity contribution in [1.29, 1.82) is 10.7 Å². The Morgan fingerprint density at radius 3 is 2.69 bits per heavy atom. The minimum absolute atomic E-state index is 0.0158. The molecule has 0 bridgehead atoms. The van der Waals surface area contributed by atoms with E-state index in [2.05, 4.69) is 31.7 Å². The van der Waals surface area contributed by atoms with Crippen LogP contribution in [0.25, 0.3) is 11.1 Å². The van der Waals surface area contributed by atoms with Crippen LogP contribution in [0.3, 0.4) is 0 Å². The predicted molar refractivity (Wildman–Crippen MR) is 162 cm³/mol. The van der Waals surface area contributed by atoms with Gasteiger partial charge in [0.1, 0.15) is 35.5 Å². The minimum atomic E-state index is -0.599. The van der Waals surface area contributed by atoms with Crippen molar-refractivity contribution >= 4 is 24.3 Å². The number of ether oxygens (including phenoxy) is 2. The van der Waals surface area contributed by atoms with Crippen molar-refractivity contribution in [1.82, 2.24) is 25.1 Å². The van der Waals surface area contributed by atoms with Crippen LogP contribution < -0.4 is 20.1 Å². The standard InChI is InChI=1S/C30H39N9O3/c1-21(15-33-20-34-19-32)41-27-13-22(9-10-23(27)14-31)24-16-35-29(36-17-24)37-26-18-39(25-7-5-4-6-8-25)38-28(26)42-30(2,3)11-12-40/h9-10,13,16-21,25,40H,4-8,11-12,15H2,1-3H3,(H2,32,33,34)(H,35,36,37)/t21-/m0/s1. The second-order valence-electron chi connectivity index (χ2n) is 10.9. The first-order valence-corrected chi connectivity index (χ1v) is 14.2. The highest BCUT2D eigenvalue weighted by Crippen LogP contribution is 2.35. The van der Waals surface area contributed by atoms with Gasteiger partial charge >= 0.3 is 0 Å². The van der Waals surface area contributed by atoms with Crippen molar-refractivity contribution in [3.05, 3.63) is 42.4 Å². The Labute approximate surface area is 246 Å². The quantitative estimate of drug-likeness (QED) is 0.153. The molecule has 1 atom stereocenters. The van der Waals surface area contributed by atoms with E-state index in [0.717, 1.165) is 30.3 Å². The monoisotopic (exact) mass is 573 g/mol. The maximum atomic E-state index is 9.57. The van der Waals surface area contributed by atoms with Gasteiger partial charge in [0.25, 0.3) is 5.88 Å². The molecule has 1 aromatic carbocycles. The smallest absolute Gasteiger partial charge is 0.257 e. The summed E-state index contributed by atoms with van der Waals surface area (Å²) in [5, 5.41) is 37.0. The lowest BCUT2D eigenvalue weighted by atomic mass is 9.96. The molecule has 0 amide bonds. The third kappa shape index (κ3) is 8.27. The summed E-state index contributed by atoms with van der Waals surface area (Å²) in [5.41, 5.74) is 2.06. The molecule has 4 rings (SSSR count). The van der Waals surface area contributed by atoms with E-state index in [9.17, 15) is 10.4 Å². The number of aromatic nitrogens is 4. The number of nitriles is 1. The molecule has 0 saturated heterocycles. The van der Waals surface area contributed by atoms with Crippen LogP contribution in [0.2, 0.25) is 0 Å². The molecule has 1 saturated carbocycles. The summed E-state index contributed by atoms with van der Waals surface area (Å²) >= 11 is 0. The molecule has 0 radical (unpaired) electrons. The first-order valence-electron chi connectivity index (χ1n) is 14.2. The predicted octanol–water partition coefficient (Wildman–Crippen LogP) is 4.99. The largest absolute Gasteiger partial charge is 0.487 e. The Bertz CT molecular complexity index is 1390. The molecule has 0 spiro atoms. The number of benzene rings is 1. The average Bonchev–Trinajstić information content (AvgIpc) is 3.37. The third-order valence-electron chi connectivity index (χ3n) is 7.04. The van der Waals surface area contributed by atoms with E-state index in [-0.39, 0.29) is 12.7 Å². The van der Waals surface area contributed by atoms with E-state index in [0.29, 0.717) is 47.8 Å². The van der Waals surface area contributed by atoms with Crippen LogP contribution in [-0.4, -0.2) is 62.4 Å². The van der Waals surface area contributed by atoms with Crippen LogP contribution in [0, 0.1) is 16.7 Å². The molecule has 12 heteroatoms. The number of hydrogen-bond donors (Lipinski definition) is 4. The lowest BCUT2D eigenvalue weighted by molar-refractivity contribution is 0.0710. The number of aliphatic imine (C=N–C) groups is 1. The highest BCUT2D eigenvalue weighted by molar-refractivity contribution is 5.69. The lowest BCUT2D eigenvalue weighted by Crippen LogP contribution is -2.30. The minimum Gasteiger partial charge on any atom is -0.487 e. The fourth-order valence-electron chi connectivity index (χ4n) is 4.77. The van der Waals surface area contributed by atoms with Crippen molar-refractivity contribution in [3.8, 4) is 28.8 Å². The first-order chi connectivity index (χ1) is 20.3. The SMILES string of the molecule is C[C@@H](CN/C=N\C=N)Oc1cc(-c2cnc(Nc3cn(C4CCCCC4)nc3OC(C)(C)CCO)nc2)ccc1C#N. The fraction of sp³-hybridized carbons (Fsp3) is 0.467. The summed E-state index contributed by atoms with van der Waals surface area (Å²) in [7, 11) is 0. The number of rotatable bonds is 14. The summed E-state index contributed by atoms with van der Waals surface area (Å²) in [4.78, 5) is 12.7. The highest BCUT2D eigenvalue weighted by atomic mass is 16.5. The maximum Gasteiger partial charge on any atom is 0.257 e. The topological polar surface area (TPSA) is 166 Å². The summed E-state index contributed by atoms with van der Waals surface area (Å²) < 4.78 is 14.2. The van der Waals surface area contributed by atoms with Crippen molar-refractivity contribution in [2.24, 2.45) is 4.99 Å². The van der Waals surface area contributed by atoms with Crippen LogP contribution in [0.4, 0.5) is 11.6 Å². The number of nitrogens with one attached hydrogen (secondary N) is 3. The van der Waals surface area contributed by atoms with E-state index >= 15 is 0 Å². The molecular weight excluding hydrogens is 534 g/mol. The van der Waals surface area contributed by atoms with Gasteiger partial charge in [-0.05, 0) is 51.3 Å². The van der Waals surface area contributed by atoms with E-state index in [1.807, 2.05) is 37.7 Å². The average molecular weight is 574 g/mol. The van der Waals surface area contributed by atoms with Crippen molar-refractivity contribution in [2.45, 2.75) is 77.0 Å². The number of aliphatic hydroxyl groups is 1. The van der Waals surface area contributed by atoms with Crippen molar-refractivity contribution in [2.75, 3.05) is 18.5 Å². The normalized spacial score (nSPS) is 14.7. The third-order valence-corrected chi connectivity index (χ3v) is 7.04. The lowest BCUT2D eigenvalue weighted by Gasteiger charge is -2.25. The van der Waals surface area contributed by atoms with Gasteiger partial charge in [0.05, 0.1) is 30.7 Å². The Balaban J connectivity index is 1.51. The van der Waals surface area contributed by atoms with Gasteiger partial charge in [0, 0.05) is 31.0 Å². The van der Waals surface area contributed by atoms with Gasteiger partial charge in [0.15, 0.2) is 0 Å². The zero-order valence-corrected chi connectivity index (χ0v) is 24.4. The molecule has 4 N–H and O–H groups in total. The molecule has 2 heterocycles. The van der Waals surface area contributed by atoms with E-state index in [1.54, 1.807) is 24.5 Å². The highest BCUT2D eigenvalue weighted by Gasteiger charge is 2.26. The van der Waals surface area contributed by atoms with Crippen molar-refractivity contribution < 1.29 is 14.6 Å². The van der Waals surface area contributed by atoms with Crippen LogP contribution >= 0.6 is 0 Å². The molecular formula is C30H39N9O3. The van der Waals surface area contributed by atoms with Gasteiger partial charge in [-0.25, -0.2) is 15.0 Å². The molecule has 12 nitrogen and oxygen atoms in total. The van der Waals surface area contributed by atoms with E-state index in [1.165, 1.54) is 25.6 Å². The number of hydrogen-bond acceptors (Lipinski definition) is 9. The molecule has 1 aliphatic rings. The van der Waals surface area contributed by atoms with Gasteiger partial charge in [-0.3, -0.25) is 10.1 Å². The Morgan fingerprint density at radius 2 is 2.00 bits per heavy atom. The van der Waals surface area contributed by atoms with Crippen LogP contribution in [-0.2, 0) is 0 Å². The molecule has 1 aliphatic carbocycles. The zero-order valence-electron chi connectivity index (χ0n) is 24.4. The first kappa shape index (κ1) is 30.5. The number of anilines is 2. The van der Waals surface area contributed by atoms with Crippen LogP contribution in [0.15, 0.2) is 41.8 Å². The summed E-state index contributed by atoms with van der Waals surface area (Å²) in [5.74, 6) is 1.30. The summed E-state index contributed by atoms with van der Waals surface area (Å²) in [6.07, 6.45) is 13.7.